The standard InChI is InChI=1S/C24H36N2S/c1-2-3-4-5-6-7-9-12-17-27-18-13-10-8-11-14-22-15-16-23(20-25)24(19-22)21-26/h15-16,19H,2-14,17-18H2,1H3. The quantitative estimate of drug-likeness (QED) is 0.279. The summed E-state index contributed by atoms with van der Waals surface area (Å²) in [6, 6.07) is 9.82. The molecule has 0 bridgehead atoms. The first kappa shape index (κ1) is 23.6. The maximum atomic E-state index is 9.07. The van der Waals surface area contributed by atoms with Crippen LogP contribution in [0.2, 0.25) is 0 Å². The van der Waals surface area contributed by atoms with Crippen LogP contribution >= 0.6 is 11.8 Å². The SMILES string of the molecule is CCCCCCCCCCSCCCCCCc1ccc(C#N)c(C#N)c1. The molecule has 0 spiro atoms. The molecule has 0 atom stereocenters. The summed E-state index contributed by atoms with van der Waals surface area (Å²) in [4.78, 5) is 0. The first-order valence-corrected chi connectivity index (χ1v) is 12.0. The highest BCUT2D eigenvalue weighted by atomic mass is 32.2. The van der Waals surface area contributed by atoms with Gasteiger partial charge in [-0.15, -0.1) is 0 Å². The number of nitrogens with zero attached hydrogens (tertiary/aromatic N) is 2. The molecule has 0 aliphatic rings. The van der Waals surface area contributed by atoms with Crippen molar-refractivity contribution in [2.24, 2.45) is 0 Å². The Labute approximate surface area is 171 Å². The van der Waals surface area contributed by atoms with Gasteiger partial charge >= 0.3 is 0 Å². The minimum Gasteiger partial charge on any atom is -0.192 e. The molecular weight excluding hydrogens is 348 g/mol. The molecule has 0 aliphatic heterocycles. The molecule has 0 amide bonds. The van der Waals surface area contributed by atoms with E-state index in [-0.39, 0.29) is 0 Å². The van der Waals surface area contributed by atoms with Crippen LogP contribution < -0.4 is 0 Å². The fourth-order valence-corrected chi connectivity index (χ4v) is 4.28. The molecule has 0 saturated heterocycles. The van der Waals surface area contributed by atoms with Crippen molar-refractivity contribution >= 4 is 11.8 Å². The van der Waals surface area contributed by atoms with E-state index in [1.807, 2.05) is 12.1 Å². The molecule has 0 heterocycles. The summed E-state index contributed by atoms with van der Waals surface area (Å²) >= 11 is 2.12. The number of hydrogen-bond acceptors (Lipinski definition) is 3. The fourth-order valence-electron chi connectivity index (χ4n) is 3.26. The fraction of sp³-hybridized carbons (Fsp3) is 0.667. The smallest absolute Gasteiger partial charge is 0.101 e. The molecule has 148 valence electrons. The predicted molar refractivity (Wildman–Crippen MR) is 118 cm³/mol. The van der Waals surface area contributed by atoms with Crippen LogP contribution in [0.4, 0.5) is 0 Å². The van der Waals surface area contributed by atoms with Gasteiger partial charge in [0.05, 0.1) is 11.1 Å². The van der Waals surface area contributed by atoms with E-state index in [0.717, 1.165) is 6.42 Å². The number of aryl methyl sites for hydroxylation is 1. The average molecular weight is 385 g/mol. The second-order valence-electron chi connectivity index (χ2n) is 7.36. The normalized spacial score (nSPS) is 10.5. The minimum absolute atomic E-state index is 0.481. The molecule has 0 unspecified atom stereocenters. The van der Waals surface area contributed by atoms with Crippen LogP contribution in [-0.4, -0.2) is 11.5 Å². The lowest BCUT2D eigenvalue weighted by Gasteiger charge is -2.04. The Morgan fingerprint density at radius 3 is 1.85 bits per heavy atom. The Kier molecular flexibility index (Phi) is 14.6. The first-order valence-electron chi connectivity index (χ1n) is 10.8. The molecule has 0 radical (unpaired) electrons. The molecule has 0 N–H and O–H groups in total. The van der Waals surface area contributed by atoms with Gasteiger partial charge in [0.25, 0.3) is 0 Å². The van der Waals surface area contributed by atoms with Crippen molar-refractivity contribution in [2.75, 3.05) is 11.5 Å². The number of thioether (sulfide) groups is 1. The Balaban J connectivity index is 1.91. The van der Waals surface area contributed by atoms with E-state index in [2.05, 4.69) is 30.8 Å². The van der Waals surface area contributed by atoms with E-state index >= 15 is 0 Å². The van der Waals surface area contributed by atoms with Crippen molar-refractivity contribution in [1.82, 2.24) is 0 Å². The molecule has 1 aromatic carbocycles. The van der Waals surface area contributed by atoms with E-state index in [1.54, 1.807) is 6.07 Å². The van der Waals surface area contributed by atoms with Gasteiger partial charge in [-0.25, -0.2) is 0 Å². The van der Waals surface area contributed by atoms with Gasteiger partial charge in [0.2, 0.25) is 0 Å². The second kappa shape index (κ2) is 16.7. The molecule has 2 nitrogen and oxygen atoms in total. The highest BCUT2D eigenvalue weighted by Gasteiger charge is 2.03. The number of nitriles is 2. The van der Waals surface area contributed by atoms with Crippen molar-refractivity contribution in [1.29, 1.82) is 10.5 Å². The number of hydrogen-bond donors (Lipinski definition) is 0. The summed E-state index contributed by atoms with van der Waals surface area (Å²) in [7, 11) is 0. The molecule has 0 aliphatic carbocycles. The van der Waals surface area contributed by atoms with Gasteiger partial charge in [0.1, 0.15) is 12.1 Å². The van der Waals surface area contributed by atoms with Crippen LogP contribution in [-0.2, 0) is 6.42 Å². The van der Waals surface area contributed by atoms with Crippen LogP contribution in [0.15, 0.2) is 18.2 Å². The van der Waals surface area contributed by atoms with Gasteiger partial charge in [-0.05, 0) is 54.9 Å². The molecular formula is C24H36N2S. The summed E-state index contributed by atoms with van der Waals surface area (Å²) in [5, 5.41) is 18.0. The van der Waals surface area contributed by atoms with Gasteiger partial charge in [0.15, 0.2) is 0 Å². The topological polar surface area (TPSA) is 47.6 Å². The van der Waals surface area contributed by atoms with Gasteiger partial charge in [0, 0.05) is 0 Å². The van der Waals surface area contributed by atoms with Crippen molar-refractivity contribution in [2.45, 2.75) is 90.4 Å². The Bertz CT molecular complexity index is 583. The van der Waals surface area contributed by atoms with E-state index in [1.165, 1.54) is 94.1 Å². The van der Waals surface area contributed by atoms with Gasteiger partial charge < -0.3 is 0 Å². The summed E-state index contributed by atoms with van der Waals surface area (Å²) in [6.07, 6.45) is 17.3. The number of rotatable bonds is 16. The van der Waals surface area contributed by atoms with E-state index in [4.69, 9.17) is 10.5 Å². The molecule has 3 heteroatoms. The Hall–Kier alpha value is -1.45. The zero-order chi connectivity index (χ0) is 19.6. The predicted octanol–water partition coefficient (Wildman–Crippen LogP) is 7.41. The highest BCUT2D eigenvalue weighted by molar-refractivity contribution is 7.99. The Morgan fingerprint density at radius 2 is 1.26 bits per heavy atom. The summed E-state index contributed by atoms with van der Waals surface area (Å²) in [6.45, 7) is 2.28. The number of benzene rings is 1. The van der Waals surface area contributed by atoms with Crippen LogP contribution in [0.25, 0.3) is 0 Å². The lowest BCUT2D eigenvalue weighted by atomic mass is 10.0. The summed E-state index contributed by atoms with van der Waals surface area (Å²) in [5.41, 5.74) is 2.16. The minimum atomic E-state index is 0.481. The molecule has 1 rings (SSSR count). The largest absolute Gasteiger partial charge is 0.192 e. The maximum absolute atomic E-state index is 9.07. The molecule has 0 aromatic heterocycles. The monoisotopic (exact) mass is 384 g/mol. The van der Waals surface area contributed by atoms with Gasteiger partial charge in [-0.2, -0.15) is 22.3 Å². The third-order valence-electron chi connectivity index (χ3n) is 4.97. The molecule has 1 aromatic rings. The third kappa shape index (κ3) is 11.8. The zero-order valence-corrected chi connectivity index (χ0v) is 18.0. The highest BCUT2D eigenvalue weighted by Crippen LogP contribution is 2.15. The van der Waals surface area contributed by atoms with E-state index < -0.39 is 0 Å². The van der Waals surface area contributed by atoms with E-state index in [9.17, 15) is 0 Å². The van der Waals surface area contributed by atoms with Crippen molar-refractivity contribution in [3.05, 3.63) is 34.9 Å². The summed E-state index contributed by atoms with van der Waals surface area (Å²) in [5.74, 6) is 2.63. The van der Waals surface area contributed by atoms with Crippen LogP contribution in [0.5, 0.6) is 0 Å². The van der Waals surface area contributed by atoms with Crippen LogP contribution in [0, 0.1) is 22.7 Å². The zero-order valence-electron chi connectivity index (χ0n) is 17.1. The Morgan fingerprint density at radius 1 is 0.704 bits per heavy atom. The number of unbranched alkanes of at least 4 members (excludes halogenated alkanes) is 10. The van der Waals surface area contributed by atoms with Crippen LogP contribution in [0.3, 0.4) is 0 Å². The van der Waals surface area contributed by atoms with Gasteiger partial charge in [-0.1, -0.05) is 70.8 Å². The summed E-state index contributed by atoms with van der Waals surface area (Å²) < 4.78 is 0. The van der Waals surface area contributed by atoms with Crippen molar-refractivity contribution in [3.8, 4) is 12.1 Å². The first-order chi connectivity index (χ1) is 13.3. The second-order valence-corrected chi connectivity index (χ2v) is 8.58. The lowest BCUT2D eigenvalue weighted by Crippen LogP contribution is -1.91. The average Bonchev–Trinajstić information content (AvgIpc) is 2.70. The van der Waals surface area contributed by atoms with Crippen molar-refractivity contribution in [3.63, 3.8) is 0 Å². The maximum Gasteiger partial charge on any atom is 0.101 e. The lowest BCUT2D eigenvalue weighted by molar-refractivity contribution is 0.586. The van der Waals surface area contributed by atoms with Crippen molar-refractivity contribution < 1.29 is 0 Å². The molecule has 0 saturated carbocycles. The van der Waals surface area contributed by atoms with E-state index in [0.29, 0.717) is 11.1 Å². The van der Waals surface area contributed by atoms with Crippen LogP contribution in [0.1, 0.15) is 101 Å². The molecule has 27 heavy (non-hydrogen) atoms. The third-order valence-corrected chi connectivity index (χ3v) is 6.13. The molecule has 0 fully saturated rings. The van der Waals surface area contributed by atoms with Gasteiger partial charge in [-0.3, -0.25) is 0 Å².